The summed E-state index contributed by atoms with van der Waals surface area (Å²) in [6.45, 7) is 0.624. The molecule has 2 aliphatic heterocycles. The highest BCUT2D eigenvalue weighted by molar-refractivity contribution is 6.21. The molecule has 142 valence electrons. The number of hydrogen-bond acceptors (Lipinski definition) is 3. The van der Waals surface area contributed by atoms with Crippen LogP contribution >= 0.6 is 0 Å². The third-order valence-electron chi connectivity index (χ3n) is 6.49. The first-order valence-electron chi connectivity index (χ1n) is 9.90. The van der Waals surface area contributed by atoms with Crippen molar-refractivity contribution in [2.45, 2.75) is 25.4 Å². The molecular weight excluding hydrogens is 364 g/mol. The van der Waals surface area contributed by atoms with Gasteiger partial charge in [0.1, 0.15) is 0 Å². The number of ketones is 1. The van der Waals surface area contributed by atoms with E-state index in [4.69, 9.17) is 0 Å². The zero-order chi connectivity index (χ0) is 19.7. The molecule has 0 saturated carbocycles. The third kappa shape index (κ3) is 2.24. The molecule has 2 aromatic carbocycles. The van der Waals surface area contributed by atoms with Crippen molar-refractivity contribution in [1.82, 2.24) is 9.47 Å². The fourth-order valence-corrected chi connectivity index (χ4v) is 5.15. The standard InChI is InChI=1S/C24H18N2O3/c27-17-9-15-12-22(26-23(28)18-6-2-3-7-19(18)24(26)29)21-11-14-5-1-4-8-20(14)25(21)13-16(15)10-17/h1-8,10-11,15,22H,9,12-13H2/t15-,22-/m0/s1. The molecule has 0 saturated heterocycles. The second-order valence-electron chi connectivity index (χ2n) is 8.08. The number of aromatic nitrogens is 1. The summed E-state index contributed by atoms with van der Waals surface area (Å²) in [6.07, 6.45) is 2.80. The molecule has 3 aliphatic rings. The van der Waals surface area contributed by atoms with Crippen LogP contribution in [0.3, 0.4) is 0 Å². The quantitative estimate of drug-likeness (QED) is 0.600. The number of carbonyl (C=O) groups excluding carboxylic acids is 3. The van der Waals surface area contributed by atoms with Crippen LogP contribution in [0, 0.1) is 5.92 Å². The highest BCUT2D eigenvalue weighted by Crippen LogP contribution is 2.44. The molecule has 5 heteroatoms. The van der Waals surface area contributed by atoms with E-state index in [9.17, 15) is 14.4 Å². The number of para-hydroxylation sites is 1. The van der Waals surface area contributed by atoms with Crippen LogP contribution in [0.4, 0.5) is 0 Å². The number of carbonyl (C=O) groups is 3. The zero-order valence-electron chi connectivity index (χ0n) is 15.7. The van der Waals surface area contributed by atoms with Crippen molar-refractivity contribution in [2.75, 3.05) is 0 Å². The normalized spacial score (nSPS) is 23.1. The molecular formula is C24H18N2O3. The molecule has 29 heavy (non-hydrogen) atoms. The van der Waals surface area contributed by atoms with E-state index < -0.39 is 6.04 Å². The maximum absolute atomic E-state index is 13.2. The van der Waals surface area contributed by atoms with Gasteiger partial charge in [-0.1, -0.05) is 30.3 Å². The second kappa shape index (κ2) is 5.77. The molecule has 0 bridgehead atoms. The number of nitrogens with zero attached hydrogens (tertiary/aromatic N) is 2. The first kappa shape index (κ1) is 16.5. The molecule has 2 atom stereocenters. The number of allylic oxidation sites excluding steroid dienone is 2. The summed E-state index contributed by atoms with van der Waals surface area (Å²) in [6, 6.07) is 16.8. The SMILES string of the molecule is O=C1C=C2Cn3c(cc4ccccc43)[C@@H](N3C(=O)c4ccccc4C3=O)C[C@@H]2C1. The molecule has 2 amide bonds. The van der Waals surface area contributed by atoms with Gasteiger partial charge < -0.3 is 4.57 Å². The fourth-order valence-electron chi connectivity index (χ4n) is 5.15. The van der Waals surface area contributed by atoms with Crippen molar-refractivity contribution >= 4 is 28.5 Å². The van der Waals surface area contributed by atoms with Crippen molar-refractivity contribution in [1.29, 1.82) is 0 Å². The molecule has 1 aliphatic carbocycles. The Morgan fingerprint density at radius 2 is 1.55 bits per heavy atom. The lowest BCUT2D eigenvalue weighted by Gasteiger charge is -2.27. The molecule has 0 radical (unpaired) electrons. The van der Waals surface area contributed by atoms with Gasteiger partial charge in [0.2, 0.25) is 0 Å². The Kier molecular flexibility index (Phi) is 3.28. The van der Waals surface area contributed by atoms with E-state index in [2.05, 4.69) is 16.7 Å². The van der Waals surface area contributed by atoms with Crippen molar-refractivity contribution in [3.8, 4) is 0 Å². The van der Waals surface area contributed by atoms with Gasteiger partial charge >= 0.3 is 0 Å². The lowest BCUT2D eigenvalue weighted by molar-refractivity contribution is -0.114. The molecule has 0 unspecified atom stereocenters. The van der Waals surface area contributed by atoms with Gasteiger partial charge in [-0.3, -0.25) is 19.3 Å². The Bertz CT molecular complexity index is 1230. The van der Waals surface area contributed by atoms with Crippen LogP contribution in [0.25, 0.3) is 10.9 Å². The first-order chi connectivity index (χ1) is 14.1. The summed E-state index contributed by atoms with van der Waals surface area (Å²) in [5, 5.41) is 1.08. The van der Waals surface area contributed by atoms with Crippen LogP contribution in [0.15, 0.2) is 66.2 Å². The van der Waals surface area contributed by atoms with E-state index >= 15 is 0 Å². The summed E-state index contributed by atoms with van der Waals surface area (Å²) in [4.78, 5) is 40.0. The lowest BCUT2D eigenvalue weighted by Crippen LogP contribution is -2.35. The number of rotatable bonds is 1. The number of benzene rings is 2. The Morgan fingerprint density at radius 3 is 2.31 bits per heavy atom. The summed E-state index contributed by atoms with van der Waals surface area (Å²) in [5.41, 5.74) is 4.04. The van der Waals surface area contributed by atoms with Crippen LogP contribution in [-0.2, 0) is 11.3 Å². The fraction of sp³-hybridized carbons (Fsp3) is 0.208. The van der Waals surface area contributed by atoms with Gasteiger partial charge in [-0.05, 0) is 53.6 Å². The summed E-state index contributed by atoms with van der Waals surface area (Å²) >= 11 is 0. The minimum absolute atomic E-state index is 0.0653. The van der Waals surface area contributed by atoms with Crippen LogP contribution in [-0.4, -0.2) is 27.1 Å². The highest BCUT2D eigenvalue weighted by atomic mass is 16.2. The molecule has 6 rings (SSSR count). The third-order valence-corrected chi connectivity index (χ3v) is 6.49. The van der Waals surface area contributed by atoms with Crippen molar-refractivity contribution in [3.05, 3.63) is 83.1 Å². The van der Waals surface area contributed by atoms with Crippen LogP contribution in [0.5, 0.6) is 0 Å². The summed E-state index contributed by atoms with van der Waals surface area (Å²) in [5.74, 6) is -0.296. The van der Waals surface area contributed by atoms with Gasteiger partial charge in [0, 0.05) is 24.2 Å². The van der Waals surface area contributed by atoms with E-state index in [-0.39, 0.29) is 23.5 Å². The summed E-state index contributed by atoms with van der Waals surface area (Å²) < 4.78 is 2.17. The molecule has 5 nitrogen and oxygen atoms in total. The van der Waals surface area contributed by atoms with Gasteiger partial charge in [0.05, 0.1) is 17.2 Å². The molecule has 3 aromatic rings. The predicted octanol–water partition coefficient (Wildman–Crippen LogP) is 3.90. The highest BCUT2D eigenvalue weighted by Gasteiger charge is 2.44. The maximum atomic E-state index is 13.2. The van der Waals surface area contributed by atoms with Gasteiger partial charge in [-0.15, -0.1) is 0 Å². The van der Waals surface area contributed by atoms with E-state index in [1.54, 1.807) is 30.3 Å². The largest absolute Gasteiger partial charge is 0.338 e. The number of fused-ring (bicyclic) bond motifs is 5. The number of imide groups is 1. The molecule has 0 fully saturated rings. The average Bonchev–Trinajstić information content (AvgIpc) is 3.31. The van der Waals surface area contributed by atoms with E-state index in [1.807, 2.05) is 18.2 Å². The number of amides is 2. The van der Waals surface area contributed by atoms with Gasteiger partial charge in [0.25, 0.3) is 11.8 Å². The molecule has 3 heterocycles. The zero-order valence-corrected chi connectivity index (χ0v) is 15.7. The topological polar surface area (TPSA) is 59.4 Å². The monoisotopic (exact) mass is 382 g/mol. The van der Waals surface area contributed by atoms with Crippen LogP contribution in [0.1, 0.15) is 45.3 Å². The predicted molar refractivity (Wildman–Crippen MR) is 107 cm³/mol. The number of hydrogen-bond donors (Lipinski definition) is 0. The minimum atomic E-state index is -0.392. The second-order valence-corrected chi connectivity index (χ2v) is 8.08. The van der Waals surface area contributed by atoms with Crippen molar-refractivity contribution in [3.63, 3.8) is 0 Å². The Labute approximate surface area is 167 Å². The first-order valence-corrected chi connectivity index (χ1v) is 9.90. The Hall–Kier alpha value is -3.47. The van der Waals surface area contributed by atoms with Gasteiger partial charge in [0.15, 0.2) is 5.78 Å². The van der Waals surface area contributed by atoms with Crippen LogP contribution < -0.4 is 0 Å². The lowest BCUT2D eigenvalue weighted by atomic mass is 9.92. The molecule has 0 spiro atoms. The maximum Gasteiger partial charge on any atom is 0.262 e. The van der Waals surface area contributed by atoms with Gasteiger partial charge in [-0.2, -0.15) is 0 Å². The van der Waals surface area contributed by atoms with E-state index in [0.717, 1.165) is 22.2 Å². The molecule has 0 N–H and O–H groups in total. The average molecular weight is 382 g/mol. The van der Waals surface area contributed by atoms with E-state index in [1.165, 1.54) is 4.90 Å². The Balaban J connectivity index is 1.55. The molecule has 1 aromatic heterocycles. The smallest absolute Gasteiger partial charge is 0.262 e. The van der Waals surface area contributed by atoms with E-state index in [0.29, 0.717) is 30.5 Å². The van der Waals surface area contributed by atoms with Crippen molar-refractivity contribution < 1.29 is 14.4 Å². The summed E-state index contributed by atoms with van der Waals surface area (Å²) in [7, 11) is 0. The van der Waals surface area contributed by atoms with Crippen LogP contribution in [0.2, 0.25) is 0 Å². The van der Waals surface area contributed by atoms with Crippen molar-refractivity contribution in [2.24, 2.45) is 5.92 Å². The minimum Gasteiger partial charge on any atom is -0.338 e. The Morgan fingerprint density at radius 1 is 0.862 bits per heavy atom. The van der Waals surface area contributed by atoms with Gasteiger partial charge in [-0.25, -0.2) is 0 Å².